The Kier molecular flexibility index (Phi) is 8.18. The molecule has 0 saturated heterocycles. The van der Waals surface area contributed by atoms with Gasteiger partial charge in [0, 0.05) is 24.3 Å². The van der Waals surface area contributed by atoms with Crippen molar-refractivity contribution in [2.24, 2.45) is 0 Å². The third-order valence-electron chi connectivity index (χ3n) is 4.00. The molecule has 0 atom stereocenters. The predicted molar refractivity (Wildman–Crippen MR) is 116 cm³/mol. The van der Waals surface area contributed by atoms with Crippen molar-refractivity contribution < 1.29 is 17.9 Å². The van der Waals surface area contributed by atoms with Crippen molar-refractivity contribution in [3.63, 3.8) is 0 Å². The molecule has 7 heteroatoms. The number of nitrogens with zero attached hydrogens (tertiary/aromatic N) is 1. The number of hydrogen-bond donors (Lipinski definition) is 1. The van der Waals surface area contributed by atoms with Crippen LogP contribution in [0.2, 0.25) is 0 Å². The molecule has 0 heterocycles. The summed E-state index contributed by atoms with van der Waals surface area (Å²) in [5, 5.41) is 2.76. The summed E-state index contributed by atoms with van der Waals surface area (Å²) >= 11 is 0. The van der Waals surface area contributed by atoms with E-state index >= 15 is 0 Å². The van der Waals surface area contributed by atoms with Gasteiger partial charge in [-0.3, -0.25) is 4.79 Å². The molecule has 0 fully saturated rings. The molecule has 1 amide bonds. The molecule has 0 aliphatic carbocycles. The van der Waals surface area contributed by atoms with Crippen LogP contribution in [0.15, 0.2) is 78.7 Å². The monoisotopic (exact) mass is 414 g/mol. The summed E-state index contributed by atoms with van der Waals surface area (Å²) in [4.78, 5) is 12.5. The molecular formula is C22H26N2O4S. The zero-order valence-electron chi connectivity index (χ0n) is 16.5. The van der Waals surface area contributed by atoms with E-state index in [2.05, 4.69) is 18.5 Å². The molecule has 1 N–H and O–H groups in total. The lowest BCUT2D eigenvalue weighted by Crippen LogP contribution is -2.31. The molecule has 29 heavy (non-hydrogen) atoms. The van der Waals surface area contributed by atoms with Gasteiger partial charge < -0.3 is 10.1 Å². The SMILES string of the molecule is C=CCN(CC=C)S(=O)(=O)c1ccc(NC(=O)c2ccc(OCCC)cc2)cc1. The maximum atomic E-state index is 12.7. The van der Waals surface area contributed by atoms with Gasteiger partial charge >= 0.3 is 0 Å². The fourth-order valence-electron chi connectivity index (χ4n) is 2.54. The number of amides is 1. The third-order valence-corrected chi connectivity index (χ3v) is 5.85. The van der Waals surface area contributed by atoms with Gasteiger partial charge in [-0.25, -0.2) is 8.42 Å². The van der Waals surface area contributed by atoms with Crippen LogP contribution in [-0.2, 0) is 10.0 Å². The number of benzene rings is 2. The number of ether oxygens (including phenoxy) is 1. The quantitative estimate of drug-likeness (QED) is 0.562. The van der Waals surface area contributed by atoms with Gasteiger partial charge in [0.05, 0.1) is 11.5 Å². The van der Waals surface area contributed by atoms with Gasteiger partial charge in [-0.1, -0.05) is 19.1 Å². The molecular weight excluding hydrogens is 388 g/mol. The maximum Gasteiger partial charge on any atom is 0.255 e. The van der Waals surface area contributed by atoms with E-state index in [-0.39, 0.29) is 23.9 Å². The lowest BCUT2D eigenvalue weighted by atomic mass is 10.2. The average molecular weight is 415 g/mol. The standard InChI is InChI=1S/C22H26N2O4S/c1-4-15-24(16-5-2)29(26,27)21-13-9-19(10-14-21)23-22(25)18-7-11-20(12-8-18)28-17-6-3/h4-5,7-14H,1-2,6,15-17H2,3H3,(H,23,25). The minimum Gasteiger partial charge on any atom is -0.494 e. The molecule has 2 rings (SSSR count). The number of anilines is 1. The van der Waals surface area contributed by atoms with Crippen molar-refractivity contribution in [3.8, 4) is 5.75 Å². The van der Waals surface area contributed by atoms with Crippen molar-refractivity contribution in [2.45, 2.75) is 18.2 Å². The van der Waals surface area contributed by atoms with Gasteiger partial charge in [-0.05, 0) is 55.0 Å². The Labute approximate surface area is 172 Å². The zero-order valence-corrected chi connectivity index (χ0v) is 17.3. The Morgan fingerprint density at radius 3 is 2.14 bits per heavy atom. The van der Waals surface area contributed by atoms with E-state index in [1.54, 1.807) is 36.4 Å². The Hall–Kier alpha value is -2.90. The molecule has 0 saturated carbocycles. The van der Waals surface area contributed by atoms with Gasteiger partial charge in [0.15, 0.2) is 0 Å². The van der Waals surface area contributed by atoms with Crippen LogP contribution in [0.4, 0.5) is 5.69 Å². The van der Waals surface area contributed by atoms with Crippen LogP contribution in [-0.4, -0.2) is 38.3 Å². The summed E-state index contributed by atoms with van der Waals surface area (Å²) in [6, 6.07) is 12.9. The van der Waals surface area contributed by atoms with Gasteiger partial charge in [0.1, 0.15) is 5.75 Å². The van der Waals surface area contributed by atoms with E-state index in [0.717, 1.165) is 6.42 Å². The van der Waals surface area contributed by atoms with Crippen LogP contribution in [0, 0.1) is 0 Å². The summed E-state index contributed by atoms with van der Waals surface area (Å²) in [5.41, 5.74) is 0.980. The normalized spacial score (nSPS) is 11.1. The maximum absolute atomic E-state index is 12.7. The van der Waals surface area contributed by atoms with Gasteiger partial charge in [0.2, 0.25) is 10.0 Å². The lowest BCUT2D eigenvalue weighted by Gasteiger charge is -2.19. The van der Waals surface area contributed by atoms with E-state index in [9.17, 15) is 13.2 Å². The molecule has 0 bridgehead atoms. The first-order valence-electron chi connectivity index (χ1n) is 9.28. The van der Waals surface area contributed by atoms with Crippen molar-refractivity contribution >= 4 is 21.6 Å². The molecule has 6 nitrogen and oxygen atoms in total. The van der Waals surface area contributed by atoms with Crippen molar-refractivity contribution in [3.05, 3.63) is 79.4 Å². The van der Waals surface area contributed by atoms with Gasteiger partial charge in [-0.15, -0.1) is 13.2 Å². The first kappa shape index (κ1) is 22.4. The van der Waals surface area contributed by atoms with E-state index in [1.165, 1.54) is 28.6 Å². The minimum atomic E-state index is -3.67. The molecule has 154 valence electrons. The number of sulfonamides is 1. The number of carbonyl (C=O) groups is 1. The van der Waals surface area contributed by atoms with Crippen LogP contribution < -0.4 is 10.1 Å². The highest BCUT2D eigenvalue weighted by Gasteiger charge is 2.22. The van der Waals surface area contributed by atoms with Crippen LogP contribution in [0.1, 0.15) is 23.7 Å². The first-order valence-corrected chi connectivity index (χ1v) is 10.7. The topological polar surface area (TPSA) is 75.7 Å². The molecule has 2 aromatic rings. The molecule has 0 spiro atoms. The first-order chi connectivity index (χ1) is 13.9. The largest absolute Gasteiger partial charge is 0.494 e. The minimum absolute atomic E-state index is 0.136. The molecule has 0 radical (unpaired) electrons. The number of rotatable bonds is 11. The molecule has 0 aliphatic rings. The molecule has 0 aromatic heterocycles. The van der Waals surface area contributed by atoms with Crippen molar-refractivity contribution in [2.75, 3.05) is 25.0 Å². The highest BCUT2D eigenvalue weighted by Crippen LogP contribution is 2.20. The van der Waals surface area contributed by atoms with Crippen LogP contribution >= 0.6 is 0 Å². The van der Waals surface area contributed by atoms with Crippen molar-refractivity contribution in [1.82, 2.24) is 4.31 Å². The van der Waals surface area contributed by atoms with Crippen LogP contribution in [0.25, 0.3) is 0 Å². The molecule has 0 aliphatic heterocycles. The number of carbonyl (C=O) groups excluding carboxylic acids is 1. The summed E-state index contributed by atoms with van der Waals surface area (Å²) in [6.45, 7) is 10.2. The zero-order chi connectivity index (χ0) is 21.3. The Bertz CT molecular complexity index is 926. The highest BCUT2D eigenvalue weighted by atomic mass is 32.2. The highest BCUT2D eigenvalue weighted by molar-refractivity contribution is 7.89. The Morgan fingerprint density at radius 1 is 1.03 bits per heavy atom. The second-order valence-electron chi connectivity index (χ2n) is 6.25. The third kappa shape index (κ3) is 6.04. The molecule has 2 aromatic carbocycles. The second kappa shape index (κ2) is 10.6. The fraction of sp³-hybridized carbons (Fsp3) is 0.227. The Morgan fingerprint density at radius 2 is 1.62 bits per heavy atom. The van der Waals surface area contributed by atoms with E-state index in [1.807, 2.05) is 6.92 Å². The number of nitrogens with one attached hydrogen (secondary N) is 1. The predicted octanol–water partition coefficient (Wildman–Crippen LogP) is 4.09. The lowest BCUT2D eigenvalue weighted by molar-refractivity contribution is 0.102. The van der Waals surface area contributed by atoms with E-state index < -0.39 is 10.0 Å². The van der Waals surface area contributed by atoms with E-state index in [4.69, 9.17) is 4.74 Å². The van der Waals surface area contributed by atoms with Crippen LogP contribution in [0.3, 0.4) is 0 Å². The Balaban J connectivity index is 2.09. The summed E-state index contributed by atoms with van der Waals surface area (Å²) < 4.78 is 32.2. The average Bonchev–Trinajstić information content (AvgIpc) is 2.73. The summed E-state index contributed by atoms with van der Waals surface area (Å²) in [6.07, 6.45) is 3.95. The molecule has 0 unspecified atom stereocenters. The van der Waals surface area contributed by atoms with Gasteiger partial charge in [-0.2, -0.15) is 4.31 Å². The summed E-state index contributed by atoms with van der Waals surface area (Å²) in [7, 11) is -3.67. The smallest absolute Gasteiger partial charge is 0.255 e. The number of hydrogen-bond acceptors (Lipinski definition) is 4. The van der Waals surface area contributed by atoms with Gasteiger partial charge in [0.25, 0.3) is 5.91 Å². The summed E-state index contributed by atoms with van der Waals surface area (Å²) in [5.74, 6) is 0.421. The van der Waals surface area contributed by atoms with E-state index in [0.29, 0.717) is 23.6 Å². The van der Waals surface area contributed by atoms with Crippen LogP contribution in [0.5, 0.6) is 5.75 Å². The second-order valence-corrected chi connectivity index (χ2v) is 8.19. The fourth-order valence-corrected chi connectivity index (χ4v) is 3.93. The van der Waals surface area contributed by atoms with Crippen molar-refractivity contribution in [1.29, 1.82) is 0 Å².